The molecule has 92 valence electrons. The van der Waals surface area contributed by atoms with Gasteiger partial charge in [-0.15, -0.1) is 0 Å². The zero-order chi connectivity index (χ0) is 12.5. The maximum absolute atomic E-state index is 11.5. The van der Waals surface area contributed by atoms with Crippen LogP contribution in [0.25, 0.3) is 0 Å². The molecule has 1 aliphatic carbocycles. The van der Waals surface area contributed by atoms with Crippen LogP contribution in [0.15, 0.2) is 28.7 Å². The van der Waals surface area contributed by atoms with Crippen LogP contribution in [0.5, 0.6) is 0 Å². The van der Waals surface area contributed by atoms with Crippen LogP contribution < -0.4 is 4.72 Å². The lowest BCUT2D eigenvalue weighted by atomic mass is 10.3. The Balaban J connectivity index is 2.06. The van der Waals surface area contributed by atoms with Crippen LogP contribution in [0.2, 0.25) is 0 Å². The third-order valence-electron chi connectivity index (χ3n) is 2.21. The van der Waals surface area contributed by atoms with Crippen molar-refractivity contribution in [3.63, 3.8) is 0 Å². The molecule has 0 aliphatic heterocycles. The normalized spacial score (nSPS) is 15.4. The summed E-state index contributed by atoms with van der Waals surface area (Å²) in [5, 5.41) is 0. The Morgan fingerprint density at radius 2 is 2.00 bits per heavy atom. The fraction of sp³-hybridized carbons (Fsp3) is 0.300. The van der Waals surface area contributed by atoms with Crippen LogP contribution >= 0.6 is 15.9 Å². The van der Waals surface area contributed by atoms with Gasteiger partial charge in [0.25, 0.3) is 0 Å². The van der Waals surface area contributed by atoms with Gasteiger partial charge in [0.15, 0.2) is 0 Å². The topological polar surface area (TPSA) is 72.5 Å². The van der Waals surface area contributed by atoms with Crippen LogP contribution in [0.1, 0.15) is 12.8 Å². The van der Waals surface area contributed by atoms with Crippen molar-refractivity contribution in [1.82, 2.24) is 0 Å². The predicted octanol–water partition coefficient (Wildman–Crippen LogP) is 2.06. The molecular weight excluding hydrogens is 310 g/mol. The second-order valence-corrected chi connectivity index (χ2v) is 5.85. The number of hydrogen-bond donors (Lipinski definition) is 1. The van der Waals surface area contributed by atoms with E-state index in [-0.39, 0.29) is 5.92 Å². The summed E-state index contributed by atoms with van der Waals surface area (Å²) in [7, 11) is -4.09. The minimum atomic E-state index is -4.09. The Kier molecular flexibility index (Phi) is 3.39. The minimum Gasteiger partial charge on any atom is -0.330 e. The van der Waals surface area contributed by atoms with E-state index >= 15 is 0 Å². The van der Waals surface area contributed by atoms with Crippen molar-refractivity contribution in [2.45, 2.75) is 12.8 Å². The molecule has 1 aromatic rings. The summed E-state index contributed by atoms with van der Waals surface area (Å²) in [5.41, 5.74) is 0.330. The standard InChI is InChI=1S/C10H10BrNO4S/c11-8-3-1-2-4-9(8)12-17(14,15)16-10(13)7-5-6-7/h1-4,7,12H,5-6H2. The van der Waals surface area contributed by atoms with Crippen LogP contribution in [-0.4, -0.2) is 14.4 Å². The summed E-state index contributed by atoms with van der Waals surface area (Å²) < 4.78 is 30.2. The first-order valence-electron chi connectivity index (χ1n) is 4.98. The van der Waals surface area contributed by atoms with Crippen molar-refractivity contribution in [2.24, 2.45) is 5.92 Å². The molecule has 0 unspecified atom stereocenters. The molecule has 1 fully saturated rings. The molecule has 0 radical (unpaired) electrons. The van der Waals surface area contributed by atoms with Gasteiger partial charge in [-0.1, -0.05) is 12.1 Å². The molecule has 0 saturated heterocycles. The molecule has 17 heavy (non-hydrogen) atoms. The van der Waals surface area contributed by atoms with Gasteiger partial charge < -0.3 is 4.18 Å². The molecule has 0 heterocycles. The number of benzene rings is 1. The van der Waals surface area contributed by atoms with E-state index in [1.54, 1.807) is 24.3 Å². The van der Waals surface area contributed by atoms with E-state index in [0.717, 1.165) is 0 Å². The van der Waals surface area contributed by atoms with Gasteiger partial charge >= 0.3 is 16.3 Å². The molecule has 2 rings (SSSR count). The Morgan fingerprint density at radius 3 is 2.59 bits per heavy atom. The Hall–Kier alpha value is -1.08. The second kappa shape index (κ2) is 4.66. The molecule has 1 N–H and O–H groups in total. The van der Waals surface area contributed by atoms with E-state index < -0.39 is 16.3 Å². The molecule has 1 saturated carbocycles. The number of para-hydroxylation sites is 1. The number of carbonyl (C=O) groups excluding carboxylic acids is 1. The molecule has 0 spiro atoms. The van der Waals surface area contributed by atoms with Gasteiger partial charge in [0.1, 0.15) is 0 Å². The molecule has 0 bridgehead atoms. The number of halogens is 1. The number of nitrogens with one attached hydrogen (secondary N) is 1. The van der Waals surface area contributed by atoms with E-state index in [2.05, 4.69) is 24.8 Å². The van der Waals surface area contributed by atoms with Crippen molar-refractivity contribution < 1.29 is 17.4 Å². The van der Waals surface area contributed by atoms with Crippen molar-refractivity contribution in [3.05, 3.63) is 28.7 Å². The van der Waals surface area contributed by atoms with Crippen molar-refractivity contribution in [2.75, 3.05) is 4.72 Å². The fourth-order valence-electron chi connectivity index (χ4n) is 1.19. The summed E-state index contributed by atoms with van der Waals surface area (Å²) in [5.74, 6) is -0.949. The zero-order valence-electron chi connectivity index (χ0n) is 8.72. The van der Waals surface area contributed by atoms with E-state index in [0.29, 0.717) is 23.0 Å². The van der Waals surface area contributed by atoms with Gasteiger partial charge in [-0.05, 0) is 40.9 Å². The number of hydrogen-bond acceptors (Lipinski definition) is 4. The maximum atomic E-state index is 11.5. The highest BCUT2D eigenvalue weighted by Crippen LogP contribution is 2.31. The van der Waals surface area contributed by atoms with Crippen LogP contribution in [0.4, 0.5) is 5.69 Å². The average Bonchev–Trinajstić information content (AvgIpc) is 3.03. The monoisotopic (exact) mass is 319 g/mol. The molecule has 5 nitrogen and oxygen atoms in total. The number of carbonyl (C=O) groups is 1. The van der Waals surface area contributed by atoms with E-state index in [9.17, 15) is 13.2 Å². The van der Waals surface area contributed by atoms with Gasteiger partial charge in [0.05, 0.1) is 11.6 Å². The van der Waals surface area contributed by atoms with Crippen LogP contribution in [-0.2, 0) is 19.3 Å². The molecular formula is C10H10BrNO4S. The molecule has 1 aromatic carbocycles. The highest BCUT2D eigenvalue weighted by atomic mass is 79.9. The molecule has 0 atom stereocenters. The predicted molar refractivity (Wildman–Crippen MR) is 65.5 cm³/mol. The summed E-state index contributed by atoms with van der Waals surface area (Å²) >= 11 is 3.19. The van der Waals surface area contributed by atoms with Crippen molar-refractivity contribution in [1.29, 1.82) is 0 Å². The van der Waals surface area contributed by atoms with Gasteiger partial charge in [0, 0.05) is 4.47 Å². The van der Waals surface area contributed by atoms with Crippen LogP contribution in [0, 0.1) is 5.92 Å². The fourth-order valence-corrected chi connectivity index (χ4v) is 2.55. The third kappa shape index (κ3) is 3.44. The highest BCUT2D eigenvalue weighted by Gasteiger charge is 2.34. The highest BCUT2D eigenvalue weighted by molar-refractivity contribution is 9.10. The van der Waals surface area contributed by atoms with Crippen molar-refractivity contribution >= 4 is 37.9 Å². The number of rotatable bonds is 4. The van der Waals surface area contributed by atoms with Gasteiger partial charge in [-0.25, -0.2) is 4.72 Å². The van der Waals surface area contributed by atoms with Gasteiger partial charge in [-0.3, -0.25) is 4.79 Å². The average molecular weight is 320 g/mol. The molecule has 1 aliphatic rings. The van der Waals surface area contributed by atoms with E-state index in [4.69, 9.17) is 0 Å². The lowest BCUT2D eigenvalue weighted by Gasteiger charge is -2.08. The molecule has 7 heteroatoms. The SMILES string of the molecule is O=C(OS(=O)(=O)Nc1ccccc1Br)C1CC1. The largest absolute Gasteiger partial charge is 0.410 e. The smallest absolute Gasteiger partial charge is 0.330 e. The van der Waals surface area contributed by atoms with Gasteiger partial charge in [-0.2, -0.15) is 8.42 Å². The summed E-state index contributed by atoms with van der Waals surface area (Å²) in [6.45, 7) is 0. The van der Waals surface area contributed by atoms with Gasteiger partial charge in [0.2, 0.25) is 0 Å². The quantitative estimate of drug-likeness (QED) is 0.922. The minimum absolute atomic E-state index is 0.259. The second-order valence-electron chi connectivity index (χ2n) is 3.71. The first kappa shape index (κ1) is 12.4. The third-order valence-corrected chi connectivity index (χ3v) is 3.76. The molecule has 0 aromatic heterocycles. The first-order valence-corrected chi connectivity index (χ1v) is 7.19. The lowest BCUT2D eigenvalue weighted by molar-refractivity contribution is -0.135. The Morgan fingerprint density at radius 1 is 1.35 bits per heavy atom. The van der Waals surface area contributed by atoms with Crippen LogP contribution in [0.3, 0.4) is 0 Å². The summed E-state index contributed by atoms with van der Waals surface area (Å²) in [6.07, 6.45) is 1.40. The van der Waals surface area contributed by atoms with E-state index in [1.807, 2.05) is 0 Å². The summed E-state index contributed by atoms with van der Waals surface area (Å²) in [4.78, 5) is 11.2. The zero-order valence-corrected chi connectivity index (χ0v) is 11.1. The molecule has 0 amide bonds. The van der Waals surface area contributed by atoms with E-state index in [1.165, 1.54) is 0 Å². The maximum Gasteiger partial charge on any atom is 0.410 e. The Labute approximate surface area is 108 Å². The Bertz CT molecular complexity index is 539. The first-order chi connectivity index (χ1) is 7.98. The lowest BCUT2D eigenvalue weighted by Crippen LogP contribution is -2.21. The summed E-state index contributed by atoms with van der Waals surface area (Å²) in [6, 6.07) is 6.66. The van der Waals surface area contributed by atoms with Crippen molar-refractivity contribution in [3.8, 4) is 0 Å². The number of anilines is 1.